The SMILES string of the molecule is [2H]c1cc([2H])c2sc3c(-c4cc(-c5nc(-c6ccccc6)nc(-c6ccc7sc8ccccc8c7c6)n5)ccc4-n4c5ccccc5c5ccccc54)c([2H])c([2H])c([2H])c3c2c1[2H]. The summed E-state index contributed by atoms with van der Waals surface area (Å²) in [5, 5.41) is 4.97. The van der Waals surface area contributed by atoms with Gasteiger partial charge in [-0.1, -0.05) is 121 Å². The molecule has 0 aliphatic heterocycles. The zero-order chi connectivity index (χ0) is 42.7. The molecule has 0 spiro atoms. The Morgan fingerprint density at radius 3 is 1.82 bits per heavy atom. The van der Waals surface area contributed by atoms with Crippen LogP contribution >= 0.6 is 22.7 Å². The molecule has 0 atom stereocenters. The van der Waals surface area contributed by atoms with E-state index in [9.17, 15) is 2.74 Å². The lowest BCUT2D eigenvalue weighted by Crippen LogP contribution is -2.02. The zero-order valence-electron chi connectivity index (χ0n) is 36.0. The Morgan fingerprint density at radius 2 is 1.04 bits per heavy atom. The Bertz CT molecular complexity index is 3840. The lowest BCUT2D eigenvalue weighted by atomic mass is 9.98. The Balaban J connectivity index is 1.18. The number of fused-ring (bicyclic) bond motifs is 9. The molecule has 0 aliphatic carbocycles. The van der Waals surface area contributed by atoms with Crippen LogP contribution in [-0.2, 0) is 0 Å². The van der Waals surface area contributed by atoms with Crippen LogP contribution in [0.25, 0.3) is 113 Å². The van der Waals surface area contributed by atoms with Crippen molar-refractivity contribution >= 4 is 84.8 Å². The van der Waals surface area contributed by atoms with E-state index in [1.54, 1.807) is 11.3 Å². The molecule has 0 N–H and O–H groups in total. The maximum atomic E-state index is 9.62. The molecule has 4 heterocycles. The van der Waals surface area contributed by atoms with Gasteiger partial charge in [0.2, 0.25) is 0 Å². The molecule has 12 rings (SSSR count). The molecule has 8 aromatic carbocycles. The molecule has 0 bridgehead atoms. The molecular weight excluding hydrogens is 733 g/mol. The van der Waals surface area contributed by atoms with E-state index < -0.39 is 0 Å². The first-order chi connectivity index (χ1) is 30.7. The van der Waals surface area contributed by atoms with Gasteiger partial charge in [0.25, 0.3) is 0 Å². The quantitative estimate of drug-likeness (QED) is 0.175. The Labute approximate surface area is 344 Å². The van der Waals surface area contributed by atoms with E-state index in [2.05, 4.69) is 71.3 Å². The van der Waals surface area contributed by atoms with Crippen LogP contribution in [0.15, 0.2) is 182 Å². The molecule has 0 unspecified atom stereocenters. The molecular formula is C51H30N4S2. The van der Waals surface area contributed by atoms with Crippen molar-refractivity contribution in [2.75, 3.05) is 0 Å². The highest BCUT2D eigenvalue weighted by Gasteiger charge is 2.21. The minimum atomic E-state index is -0.303. The lowest BCUT2D eigenvalue weighted by molar-refractivity contribution is 1.07. The van der Waals surface area contributed by atoms with Crippen molar-refractivity contribution in [1.29, 1.82) is 0 Å². The van der Waals surface area contributed by atoms with Gasteiger partial charge in [-0.25, -0.2) is 15.0 Å². The maximum Gasteiger partial charge on any atom is 0.164 e. The molecule has 0 aliphatic rings. The van der Waals surface area contributed by atoms with E-state index in [-0.39, 0.29) is 41.6 Å². The van der Waals surface area contributed by atoms with Crippen LogP contribution in [0, 0.1) is 0 Å². The lowest BCUT2D eigenvalue weighted by Gasteiger charge is -2.17. The van der Waals surface area contributed by atoms with Gasteiger partial charge in [-0.15, -0.1) is 22.7 Å². The third-order valence-corrected chi connectivity index (χ3v) is 12.9. The number of nitrogens with zero attached hydrogens (tertiary/aromatic N) is 4. The number of para-hydroxylation sites is 2. The van der Waals surface area contributed by atoms with Gasteiger partial charge in [-0.2, -0.15) is 0 Å². The van der Waals surface area contributed by atoms with Crippen LogP contribution < -0.4 is 0 Å². The fraction of sp³-hybridized carbons (Fsp3) is 0. The first-order valence-corrected chi connectivity index (χ1v) is 20.2. The average molecular weight is 769 g/mol. The predicted octanol–water partition coefficient (Wildman–Crippen LogP) is 14.4. The largest absolute Gasteiger partial charge is 0.309 e. The fourth-order valence-electron chi connectivity index (χ4n) is 8.03. The minimum absolute atomic E-state index is 0.0618. The first-order valence-electron chi connectivity index (χ1n) is 21.5. The number of aromatic nitrogens is 4. The molecule has 4 nitrogen and oxygen atoms in total. The Hall–Kier alpha value is -6.99. The molecule has 12 aromatic rings. The van der Waals surface area contributed by atoms with Gasteiger partial charge < -0.3 is 4.57 Å². The first kappa shape index (κ1) is 26.8. The topological polar surface area (TPSA) is 43.6 Å². The molecule has 0 saturated carbocycles. The van der Waals surface area contributed by atoms with Crippen molar-refractivity contribution in [2.24, 2.45) is 0 Å². The van der Waals surface area contributed by atoms with Gasteiger partial charge in [0, 0.05) is 78.9 Å². The highest BCUT2D eigenvalue weighted by atomic mass is 32.1. The van der Waals surface area contributed by atoms with Crippen molar-refractivity contribution in [1.82, 2.24) is 19.5 Å². The van der Waals surface area contributed by atoms with Crippen LogP contribution in [-0.4, -0.2) is 19.5 Å². The predicted molar refractivity (Wildman–Crippen MR) is 242 cm³/mol. The second kappa shape index (κ2) is 12.8. The standard InChI is InChI=1S/C51H30N4S2/c1-2-13-31(14-3-1)49-52-50(54-51(53-49)33-26-28-47-41(30-33)37-18-7-10-23-45(37)56-47)32-25-27-44(55-42-21-8-4-15-34(42)35-16-5-9-22-43(35)55)40(29-32)39-20-12-19-38-36-17-6-11-24-46(36)57-48(38)39/h1-30H/i6D,12D,17D,19D,20D,24D. The summed E-state index contributed by atoms with van der Waals surface area (Å²) < 4.78 is 59.8. The van der Waals surface area contributed by atoms with Crippen molar-refractivity contribution in [3.8, 4) is 51.0 Å². The van der Waals surface area contributed by atoms with Gasteiger partial charge in [0.1, 0.15) is 0 Å². The summed E-state index contributed by atoms with van der Waals surface area (Å²) in [4.78, 5) is 15.3. The van der Waals surface area contributed by atoms with Crippen LogP contribution in [0.5, 0.6) is 0 Å². The molecule has 0 radical (unpaired) electrons. The molecule has 4 aromatic heterocycles. The summed E-state index contributed by atoms with van der Waals surface area (Å²) in [7, 11) is 0. The van der Waals surface area contributed by atoms with Crippen LogP contribution in [0.3, 0.4) is 0 Å². The minimum Gasteiger partial charge on any atom is -0.309 e. The molecule has 57 heavy (non-hydrogen) atoms. The second-order valence-corrected chi connectivity index (χ2v) is 16.0. The smallest absolute Gasteiger partial charge is 0.164 e. The highest BCUT2D eigenvalue weighted by Crippen LogP contribution is 2.44. The van der Waals surface area contributed by atoms with Crippen molar-refractivity contribution in [3.05, 3.63) is 182 Å². The van der Waals surface area contributed by atoms with Crippen molar-refractivity contribution < 1.29 is 8.22 Å². The van der Waals surface area contributed by atoms with E-state index in [0.29, 0.717) is 48.9 Å². The molecule has 0 saturated heterocycles. The van der Waals surface area contributed by atoms with Gasteiger partial charge >= 0.3 is 0 Å². The van der Waals surface area contributed by atoms with Gasteiger partial charge in [0.05, 0.1) is 24.9 Å². The number of rotatable bonds is 5. The molecule has 6 heteroatoms. The summed E-state index contributed by atoms with van der Waals surface area (Å²) in [5.74, 6) is 1.41. The molecule has 0 fully saturated rings. The number of hydrogen-bond donors (Lipinski definition) is 0. The number of benzene rings is 8. The fourth-order valence-corrected chi connectivity index (χ4v) is 10.2. The summed E-state index contributed by atoms with van der Waals surface area (Å²) in [6, 6.07) is 47.3. The summed E-state index contributed by atoms with van der Waals surface area (Å²) in [6.07, 6.45) is 0. The Morgan fingerprint density at radius 1 is 0.404 bits per heavy atom. The molecule has 266 valence electrons. The molecule has 0 amide bonds. The van der Waals surface area contributed by atoms with Gasteiger partial charge in [-0.05, 0) is 60.6 Å². The second-order valence-electron chi connectivity index (χ2n) is 13.9. The summed E-state index contributed by atoms with van der Waals surface area (Å²) in [6.45, 7) is 0. The zero-order valence-corrected chi connectivity index (χ0v) is 31.6. The van der Waals surface area contributed by atoms with Crippen molar-refractivity contribution in [3.63, 3.8) is 0 Å². The maximum absolute atomic E-state index is 9.62. The monoisotopic (exact) mass is 768 g/mol. The Kier molecular flexibility index (Phi) is 6.00. The van der Waals surface area contributed by atoms with Crippen molar-refractivity contribution in [2.45, 2.75) is 0 Å². The van der Waals surface area contributed by atoms with E-state index in [1.165, 1.54) is 32.2 Å². The number of thiophene rings is 2. The summed E-state index contributed by atoms with van der Waals surface area (Å²) in [5.41, 5.74) is 5.90. The van der Waals surface area contributed by atoms with E-state index >= 15 is 0 Å². The van der Waals surface area contributed by atoms with E-state index in [0.717, 1.165) is 44.0 Å². The van der Waals surface area contributed by atoms with Crippen LogP contribution in [0.1, 0.15) is 8.22 Å². The van der Waals surface area contributed by atoms with Crippen LogP contribution in [0.4, 0.5) is 0 Å². The van der Waals surface area contributed by atoms with Gasteiger partial charge in [0.15, 0.2) is 17.5 Å². The third-order valence-electron chi connectivity index (χ3n) is 10.6. The average Bonchev–Trinajstić information content (AvgIpc) is 4.01. The van der Waals surface area contributed by atoms with Crippen LogP contribution in [0.2, 0.25) is 0 Å². The normalized spacial score (nSPS) is 13.3. The summed E-state index contributed by atoms with van der Waals surface area (Å²) >= 11 is 2.97. The number of hydrogen-bond acceptors (Lipinski definition) is 5. The van der Waals surface area contributed by atoms with Gasteiger partial charge in [-0.3, -0.25) is 0 Å². The third kappa shape index (κ3) is 5.15. The highest BCUT2D eigenvalue weighted by molar-refractivity contribution is 7.26. The van der Waals surface area contributed by atoms with E-state index in [1.807, 2.05) is 72.8 Å². The van der Waals surface area contributed by atoms with E-state index in [4.69, 9.17) is 20.4 Å².